The third-order valence-electron chi connectivity index (χ3n) is 1.68. The summed E-state index contributed by atoms with van der Waals surface area (Å²) in [4.78, 5) is 23.8. The van der Waals surface area contributed by atoms with Crippen molar-refractivity contribution >= 4 is 11.9 Å². The van der Waals surface area contributed by atoms with E-state index in [2.05, 4.69) is 0 Å². The van der Waals surface area contributed by atoms with Crippen LogP contribution in [0.2, 0.25) is 0 Å². The van der Waals surface area contributed by atoms with Crippen LogP contribution in [0.3, 0.4) is 0 Å². The molecule has 15 heavy (non-hydrogen) atoms. The molecule has 1 N–H and O–H groups in total. The maximum atomic E-state index is 11.5. The van der Waals surface area contributed by atoms with Crippen molar-refractivity contribution in [3.63, 3.8) is 0 Å². The Morgan fingerprint density at radius 3 is 2.53 bits per heavy atom. The van der Waals surface area contributed by atoms with Gasteiger partial charge in [-0.15, -0.1) is 0 Å². The highest BCUT2D eigenvalue weighted by atomic mass is 16.6. The molecule has 5 nitrogen and oxygen atoms in total. The van der Waals surface area contributed by atoms with Crippen LogP contribution >= 0.6 is 0 Å². The fourth-order valence-electron chi connectivity index (χ4n) is 1.17. The molecule has 0 aliphatic carbocycles. The highest BCUT2D eigenvalue weighted by Crippen LogP contribution is 2.12. The van der Waals surface area contributed by atoms with Crippen LogP contribution in [-0.2, 0) is 9.53 Å². The Balaban J connectivity index is 2.63. The summed E-state index contributed by atoms with van der Waals surface area (Å²) in [5.74, 6) is -0.415. The van der Waals surface area contributed by atoms with Gasteiger partial charge in [0.2, 0.25) is 0 Å². The number of aliphatic hydroxyl groups excluding tert-OH is 1. The van der Waals surface area contributed by atoms with Gasteiger partial charge in [0.05, 0.1) is 13.1 Å². The number of ketones is 1. The summed E-state index contributed by atoms with van der Waals surface area (Å²) < 4.78 is 5.07. The maximum absolute atomic E-state index is 11.5. The van der Waals surface area contributed by atoms with Gasteiger partial charge < -0.3 is 9.84 Å². The minimum atomic E-state index is -0.600. The molecule has 0 aromatic carbocycles. The fraction of sp³-hybridized carbons (Fsp3) is 0.600. The summed E-state index contributed by atoms with van der Waals surface area (Å²) in [6.45, 7) is 5.21. The van der Waals surface area contributed by atoms with Crippen LogP contribution in [0.5, 0.6) is 0 Å². The van der Waals surface area contributed by atoms with Crippen molar-refractivity contribution in [2.24, 2.45) is 0 Å². The molecule has 1 heterocycles. The number of nitrogens with zero attached hydrogens (tertiary/aromatic N) is 1. The average Bonchev–Trinajstić information content (AvgIpc) is 1.98. The van der Waals surface area contributed by atoms with E-state index < -0.39 is 11.7 Å². The van der Waals surface area contributed by atoms with Gasteiger partial charge in [-0.2, -0.15) is 0 Å². The van der Waals surface area contributed by atoms with Gasteiger partial charge in [0.1, 0.15) is 11.4 Å². The molecular formula is C10H15NO4. The molecule has 0 saturated heterocycles. The SMILES string of the molecule is CC(C)(C)OC(=O)N1CC(=O)C=C(O)C1. The van der Waals surface area contributed by atoms with E-state index in [1.54, 1.807) is 20.8 Å². The molecule has 0 aromatic rings. The van der Waals surface area contributed by atoms with E-state index in [-0.39, 0.29) is 24.6 Å². The predicted octanol–water partition coefficient (Wildman–Crippen LogP) is 1.25. The average molecular weight is 213 g/mol. The minimum absolute atomic E-state index is 0.0284. The standard InChI is InChI=1S/C10H15NO4/c1-10(2,3)15-9(14)11-5-7(12)4-8(13)6-11/h4,12H,5-6H2,1-3H3. The van der Waals surface area contributed by atoms with Crippen molar-refractivity contribution in [3.05, 3.63) is 11.8 Å². The second kappa shape index (κ2) is 3.92. The first-order valence-electron chi connectivity index (χ1n) is 4.68. The Labute approximate surface area is 88.3 Å². The van der Waals surface area contributed by atoms with Crippen LogP contribution in [0.25, 0.3) is 0 Å². The second-order valence-corrected chi connectivity index (χ2v) is 4.44. The van der Waals surface area contributed by atoms with E-state index in [1.807, 2.05) is 0 Å². The lowest BCUT2D eigenvalue weighted by atomic mass is 10.2. The number of carbonyl (C=O) groups is 2. The number of hydrogen-bond acceptors (Lipinski definition) is 4. The van der Waals surface area contributed by atoms with E-state index in [9.17, 15) is 14.7 Å². The number of aliphatic hydroxyl groups is 1. The first-order valence-corrected chi connectivity index (χ1v) is 4.68. The van der Waals surface area contributed by atoms with Gasteiger partial charge >= 0.3 is 6.09 Å². The molecule has 84 valence electrons. The van der Waals surface area contributed by atoms with E-state index >= 15 is 0 Å². The Hall–Kier alpha value is -1.52. The molecule has 0 atom stereocenters. The lowest BCUT2D eigenvalue weighted by molar-refractivity contribution is -0.116. The molecule has 0 aromatic heterocycles. The number of carbonyl (C=O) groups excluding carboxylic acids is 2. The predicted molar refractivity (Wildman–Crippen MR) is 53.5 cm³/mol. The van der Waals surface area contributed by atoms with Crippen LogP contribution in [0.15, 0.2) is 11.8 Å². The third-order valence-corrected chi connectivity index (χ3v) is 1.68. The quantitative estimate of drug-likeness (QED) is 0.657. The minimum Gasteiger partial charge on any atom is -0.510 e. The molecule has 0 fully saturated rings. The van der Waals surface area contributed by atoms with Crippen LogP contribution < -0.4 is 0 Å². The number of ether oxygens (including phenoxy) is 1. The van der Waals surface area contributed by atoms with Crippen LogP contribution in [0.1, 0.15) is 20.8 Å². The van der Waals surface area contributed by atoms with Gasteiger partial charge in [-0.25, -0.2) is 4.79 Å². The lowest BCUT2D eigenvalue weighted by Crippen LogP contribution is -2.42. The third kappa shape index (κ3) is 3.61. The van der Waals surface area contributed by atoms with Gasteiger partial charge in [-0.05, 0) is 20.8 Å². The molecule has 0 radical (unpaired) electrons. The fourth-order valence-corrected chi connectivity index (χ4v) is 1.17. The summed E-state index contributed by atoms with van der Waals surface area (Å²) in [6, 6.07) is 0. The zero-order valence-electron chi connectivity index (χ0n) is 9.11. The van der Waals surface area contributed by atoms with Gasteiger partial charge in [-0.1, -0.05) is 0 Å². The van der Waals surface area contributed by atoms with Gasteiger partial charge in [-0.3, -0.25) is 9.69 Å². The molecule has 5 heteroatoms. The molecule has 0 bridgehead atoms. The molecule has 1 rings (SSSR count). The smallest absolute Gasteiger partial charge is 0.411 e. The van der Waals surface area contributed by atoms with Crippen molar-refractivity contribution in [2.45, 2.75) is 26.4 Å². The number of hydrogen-bond donors (Lipinski definition) is 1. The van der Waals surface area contributed by atoms with Crippen molar-refractivity contribution in [2.75, 3.05) is 13.1 Å². The summed E-state index contributed by atoms with van der Waals surface area (Å²) in [6.07, 6.45) is 0.538. The first-order chi connectivity index (χ1) is 6.78. The maximum Gasteiger partial charge on any atom is 0.411 e. The number of amides is 1. The first kappa shape index (κ1) is 11.6. The van der Waals surface area contributed by atoms with Crippen molar-refractivity contribution in [3.8, 4) is 0 Å². The second-order valence-electron chi connectivity index (χ2n) is 4.44. The zero-order chi connectivity index (χ0) is 11.6. The van der Waals surface area contributed by atoms with E-state index in [0.717, 1.165) is 6.08 Å². The topological polar surface area (TPSA) is 66.8 Å². The molecular weight excluding hydrogens is 198 g/mol. The molecule has 0 unspecified atom stereocenters. The van der Waals surface area contributed by atoms with Gasteiger partial charge in [0, 0.05) is 6.08 Å². The summed E-state index contributed by atoms with van der Waals surface area (Å²) in [5.41, 5.74) is -0.600. The molecule has 1 aliphatic heterocycles. The number of rotatable bonds is 0. The Bertz CT molecular complexity index is 314. The van der Waals surface area contributed by atoms with Gasteiger partial charge in [0.15, 0.2) is 5.78 Å². The Morgan fingerprint density at radius 1 is 1.47 bits per heavy atom. The Morgan fingerprint density at radius 2 is 2.07 bits per heavy atom. The van der Waals surface area contributed by atoms with Crippen molar-refractivity contribution in [1.29, 1.82) is 0 Å². The van der Waals surface area contributed by atoms with Crippen molar-refractivity contribution in [1.82, 2.24) is 4.90 Å². The summed E-state index contributed by atoms with van der Waals surface area (Å²) >= 11 is 0. The highest BCUT2D eigenvalue weighted by Gasteiger charge is 2.26. The zero-order valence-corrected chi connectivity index (χ0v) is 9.11. The monoisotopic (exact) mass is 213 g/mol. The summed E-state index contributed by atoms with van der Waals surface area (Å²) in [5, 5.41) is 9.19. The molecule has 0 spiro atoms. The van der Waals surface area contributed by atoms with Crippen LogP contribution in [-0.4, -0.2) is 40.6 Å². The molecule has 1 aliphatic rings. The molecule has 1 amide bonds. The van der Waals surface area contributed by atoms with E-state index in [0.29, 0.717) is 0 Å². The Kier molecular flexibility index (Phi) is 3.02. The van der Waals surface area contributed by atoms with Crippen LogP contribution in [0, 0.1) is 0 Å². The largest absolute Gasteiger partial charge is 0.510 e. The van der Waals surface area contributed by atoms with Gasteiger partial charge in [0.25, 0.3) is 0 Å². The summed E-state index contributed by atoms with van der Waals surface area (Å²) in [7, 11) is 0. The molecule has 0 saturated carbocycles. The van der Waals surface area contributed by atoms with Crippen LogP contribution in [0.4, 0.5) is 4.79 Å². The lowest BCUT2D eigenvalue weighted by Gasteiger charge is -2.28. The van der Waals surface area contributed by atoms with E-state index in [4.69, 9.17) is 4.74 Å². The highest BCUT2D eigenvalue weighted by molar-refractivity contribution is 5.94. The van der Waals surface area contributed by atoms with Crippen molar-refractivity contribution < 1.29 is 19.4 Å². The van der Waals surface area contributed by atoms with E-state index in [1.165, 1.54) is 4.90 Å². The normalized spacial score (nSPS) is 17.4.